The van der Waals surface area contributed by atoms with E-state index < -0.39 is 5.95 Å². The van der Waals surface area contributed by atoms with Crippen LogP contribution in [0.1, 0.15) is 24.5 Å². The normalized spacial score (nSPS) is 15.8. The zero-order chi connectivity index (χ0) is 22.1. The highest BCUT2D eigenvalue weighted by Gasteiger charge is 2.25. The third-order valence-electron chi connectivity index (χ3n) is 5.89. The van der Waals surface area contributed by atoms with E-state index in [1.165, 1.54) is 10.1 Å². The molecule has 4 heterocycles. The average molecular weight is 427 g/mol. The molecular weight excluding hydrogens is 405 g/mol. The first kappa shape index (κ1) is 20.0. The van der Waals surface area contributed by atoms with Crippen LogP contribution in [0.4, 0.5) is 10.2 Å². The summed E-state index contributed by atoms with van der Waals surface area (Å²) in [5.41, 5.74) is 3.21. The van der Waals surface area contributed by atoms with E-state index in [1.807, 2.05) is 36.4 Å². The van der Waals surface area contributed by atoms with Gasteiger partial charge >= 0.3 is 0 Å². The van der Waals surface area contributed by atoms with Crippen LogP contribution in [0.25, 0.3) is 16.6 Å². The summed E-state index contributed by atoms with van der Waals surface area (Å²) in [6.07, 6.45) is 5.45. The van der Waals surface area contributed by atoms with Crippen LogP contribution in [-0.4, -0.2) is 33.8 Å². The van der Waals surface area contributed by atoms with Gasteiger partial charge in [-0.25, -0.2) is 9.50 Å². The molecule has 1 aliphatic heterocycles. The molecule has 3 aromatic heterocycles. The molecule has 6 nitrogen and oxygen atoms in total. The minimum atomic E-state index is -0.767. The van der Waals surface area contributed by atoms with Crippen LogP contribution in [0, 0.1) is 17.3 Å². The first-order valence-electron chi connectivity index (χ1n) is 10.7. The molecule has 1 saturated heterocycles. The van der Waals surface area contributed by atoms with E-state index in [9.17, 15) is 9.65 Å². The molecule has 0 spiro atoms. The molecule has 0 saturated carbocycles. The molecule has 160 valence electrons. The van der Waals surface area contributed by atoms with Crippen molar-refractivity contribution in [2.24, 2.45) is 0 Å². The van der Waals surface area contributed by atoms with Crippen molar-refractivity contribution in [1.82, 2.24) is 14.6 Å². The van der Waals surface area contributed by atoms with Crippen LogP contribution < -0.4 is 9.64 Å². The summed E-state index contributed by atoms with van der Waals surface area (Å²) >= 11 is 0. The molecule has 7 heteroatoms. The molecule has 1 fully saturated rings. The first-order chi connectivity index (χ1) is 15.7. The van der Waals surface area contributed by atoms with Gasteiger partial charge in [-0.05, 0) is 42.3 Å². The van der Waals surface area contributed by atoms with E-state index in [-0.39, 0.29) is 11.7 Å². The Bertz CT molecular complexity index is 1290. The lowest BCUT2D eigenvalue weighted by Gasteiger charge is -2.18. The Morgan fingerprint density at radius 3 is 2.75 bits per heavy atom. The van der Waals surface area contributed by atoms with Gasteiger partial charge < -0.3 is 9.64 Å². The maximum Gasteiger partial charge on any atom is 0.251 e. The quantitative estimate of drug-likeness (QED) is 0.465. The van der Waals surface area contributed by atoms with Crippen LogP contribution in [0.3, 0.4) is 0 Å². The lowest BCUT2D eigenvalue weighted by molar-refractivity contribution is 0.225. The Hall–Kier alpha value is -3.92. The third kappa shape index (κ3) is 3.65. The molecule has 4 aromatic rings. The molecule has 0 amide bonds. The molecule has 1 unspecified atom stereocenters. The van der Waals surface area contributed by atoms with Gasteiger partial charge in [-0.3, -0.25) is 0 Å². The fraction of sp³-hybridized carbons (Fsp3) is 0.240. The number of aromatic nitrogens is 3. The van der Waals surface area contributed by atoms with E-state index >= 15 is 0 Å². The minimum Gasteiger partial charge on any atom is -0.489 e. The fourth-order valence-corrected chi connectivity index (χ4v) is 4.17. The number of benzene rings is 1. The number of hydrogen-bond acceptors (Lipinski definition) is 5. The van der Waals surface area contributed by atoms with Crippen LogP contribution in [0.15, 0.2) is 60.9 Å². The summed E-state index contributed by atoms with van der Waals surface area (Å²) in [6.45, 7) is 3.77. The summed E-state index contributed by atoms with van der Waals surface area (Å²) in [6, 6.07) is 17.7. The fourth-order valence-electron chi connectivity index (χ4n) is 4.17. The van der Waals surface area contributed by atoms with E-state index in [4.69, 9.17) is 4.74 Å². The summed E-state index contributed by atoms with van der Waals surface area (Å²) in [7, 11) is 0. The topological polar surface area (TPSA) is 66.5 Å². The standard InChI is InChI=1S/C25H22FN5O/c1-2-17-5-8-19(9-6-17)32-20-11-13-30(16-20)23-10-7-18(15-28-23)21-4-3-12-31-24(21)22(14-27)25(26)29-31/h3-10,12,15,20H,2,11,13,16H2,1H3. The number of pyridine rings is 2. The van der Waals surface area contributed by atoms with Crippen molar-refractivity contribution < 1.29 is 9.13 Å². The molecule has 0 bridgehead atoms. The number of anilines is 1. The Labute approximate surface area is 185 Å². The minimum absolute atomic E-state index is 0.0591. The second-order valence-electron chi connectivity index (χ2n) is 7.87. The van der Waals surface area contributed by atoms with Crippen molar-refractivity contribution in [3.05, 3.63) is 78.0 Å². The molecule has 32 heavy (non-hydrogen) atoms. The van der Waals surface area contributed by atoms with Crippen molar-refractivity contribution in [3.8, 4) is 22.9 Å². The van der Waals surface area contributed by atoms with Gasteiger partial charge in [-0.2, -0.15) is 9.65 Å². The van der Waals surface area contributed by atoms with Gasteiger partial charge in [0.05, 0.1) is 12.1 Å². The first-order valence-corrected chi connectivity index (χ1v) is 10.7. The van der Waals surface area contributed by atoms with Gasteiger partial charge in [0.2, 0.25) is 0 Å². The Morgan fingerprint density at radius 2 is 2.03 bits per heavy atom. The zero-order valence-electron chi connectivity index (χ0n) is 17.7. The van der Waals surface area contributed by atoms with Gasteiger partial charge in [-0.1, -0.05) is 25.1 Å². The molecule has 1 atom stereocenters. The van der Waals surface area contributed by atoms with E-state index in [0.29, 0.717) is 5.52 Å². The molecule has 0 N–H and O–H groups in total. The van der Waals surface area contributed by atoms with Crippen molar-refractivity contribution >= 4 is 11.3 Å². The molecule has 1 aromatic carbocycles. The van der Waals surface area contributed by atoms with Gasteiger partial charge in [0.15, 0.2) is 0 Å². The van der Waals surface area contributed by atoms with Gasteiger partial charge in [0.1, 0.15) is 29.3 Å². The molecular formula is C25H22FN5O. The average Bonchev–Trinajstić information content (AvgIpc) is 3.42. The number of ether oxygens (including phenoxy) is 1. The van der Waals surface area contributed by atoms with Gasteiger partial charge in [0.25, 0.3) is 5.95 Å². The van der Waals surface area contributed by atoms with Gasteiger partial charge in [0, 0.05) is 36.5 Å². The van der Waals surface area contributed by atoms with Crippen LogP contribution in [0.5, 0.6) is 5.75 Å². The number of rotatable bonds is 5. The second-order valence-corrected chi connectivity index (χ2v) is 7.87. The van der Waals surface area contributed by atoms with Crippen LogP contribution >= 0.6 is 0 Å². The third-order valence-corrected chi connectivity index (χ3v) is 5.89. The molecule has 1 aliphatic rings. The Kier molecular flexibility index (Phi) is 5.20. The second kappa shape index (κ2) is 8.31. The van der Waals surface area contributed by atoms with Crippen LogP contribution in [0.2, 0.25) is 0 Å². The van der Waals surface area contributed by atoms with Crippen molar-refractivity contribution in [1.29, 1.82) is 5.26 Å². The lowest BCUT2D eigenvalue weighted by atomic mass is 10.1. The van der Waals surface area contributed by atoms with E-state index in [2.05, 4.69) is 34.0 Å². The summed E-state index contributed by atoms with van der Waals surface area (Å²) in [4.78, 5) is 6.84. The number of nitrogens with zero attached hydrogens (tertiary/aromatic N) is 5. The number of nitriles is 1. The monoisotopic (exact) mass is 427 g/mol. The predicted molar refractivity (Wildman–Crippen MR) is 120 cm³/mol. The summed E-state index contributed by atoms with van der Waals surface area (Å²) < 4.78 is 21.6. The molecule has 0 aliphatic carbocycles. The van der Waals surface area contributed by atoms with E-state index in [0.717, 1.165) is 48.6 Å². The smallest absolute Gasteiger partial charge is 0.251 e. The summed E-state index contributed by atoms with van der Waals surface area (Å²) in [5.74, 6) is 0.997. The predicted octanol–water partition coefficient (Wildman–Crippen LogP) is 4.63. The highest BCUT2D eigenvalue weighted by atomic mass is 19.1. The zero-order valence-corrected chi connectivity index (χ0v) is 17.7. The van der Waals surface area contributed by atoms with Crippen molar-refractivity contribution in [3.63, 3.8) is 0 Å². The van der Waals surface area contributed by atoms with Crippen molar-refractivity contribution in [2.75, 3.05) is 18.0 Å². The highest BCUT2D eigenvalue weighted by molar-refractivity contribution is 5.84. The maximum atomic E-state index is 14.0. The molecule has 5 rings (SSSR count). The number of aryl methyl sites for hydroxylation is 1. The highest BCUT2D eigenvalue weighted by Crippen LogP contribution is 2.29. The Balaban J connectivity index is 1.32. The lowest BCUT2D eigenvalue weighted by Crippen LogP contribution is -2.25. The number of halogens is 1. The molecule has 0 radical (unpaired) electrons. The number of hydrogen-bond donors (Lipinski definition) is 0. The van der Waals surface area contributed by atoms with Crippen LogP contribution in [-0.2, 0) is 6.42 Å². The SMILES string of the molecule is CCc1ccc(OC2CCN(c3ccc(-c4cccn5nc(F)c(C#N)c45)cn3)C2)cc1. The Morgan fingerprint density at radius 1 is 1.19 bits per heavy atom. The van der Waals surface area contributed by atoms with E-state index in [1.54, 1.807) is 18.5 Å². The maximum absolute atomic E-state index is 14.0. The largest absolute Gasteiger partial charge is 0.489 e. The summed E-state index contributed by atoms with van der Waals surface area (Å²) in [5, 5.41) is 13.1. The van der Waals surface area contributed by atoms with Gasteiger partial charge in [-0.15, -0.1) is 5.10 Å². The van der Waals surface area contributed by atoms with Crippen molar-refractivity contribution in [2.45, 2.75) is 25.9 Å². The number of fused-ring (bicyclic) bond motifs is 1.